The van der Waals surface area contributed by atoms with E-state index in [1.807, 2.05) is 0 Å². The van der Waals surface area contributed by atoms with Gasteiger partial charge in [0.05, 0.1) is 0 Å². The highest BCUT2D eigenvalue weighted by Gasteiger charge is 1.97. The topological polar surface area (TPSA) is 130 Å². The Morgan fingerprint density at radius 3 is 1.04 bits per heavy atom. The molecule has 0 heterocycles. The van der Waals surface area contributed by atoms with Crippen molar-refractivity contribution in [2.24, 2.45) is 0 Å². The van der Waals surface area contributed by atoms with Gasteiger partial charge in [0.25, 0.3) is 0 Å². The number of rotatable bonds is 16. The van der Waals surface area contributed by atoms with Crippen molar-refractivity contribution in [2.75, 3.05) is 0 Å². The Kier molecular flexibility index (Phi) is 28.4. The van der Waals surface area contributed by atoms with Crippen molar-refractivity contribution in [1.29, 1.82) is 0 Å². The minimum Gasteiger partial charge on any atom is -0.481 e. The van der Waals surface area contributed by atoms with Gasteiger partial charge in [-0.3, -0.25) is 4.79 Å². The molecule has 25 heavy (non-hydrogen) atoms. The van der Waals surface area contributed by atoms with E-state index in [1.54, 1.807) is 0 Å². The monoisotopic (exact) mass is 363 g/mol. The normalized spacial score (nSPS) is 9.64. The molecule has 0 radical (unpaired) electrons. The first-order valence-corrected chi connectivity index (χ1v) is 9.64. The molecule has 0 aliphatic rings. The molecule has 0 amide bonds. The number of carbonyl (C=O) groups is 2. The third-order valence-electron chi connectivity index (χ3n) is 3.99. The molecule has 0 atom stereocenters. The summed E-state index contributed by atoms with van der Waals surface area (Å²) >= 11 is 0. The molecular weight excluding hydrogens is 322 g/mol. The van der Waals surface area contributed by atoms with Crippen molar-refractivity contribution in [1.82, 2.24) is 6.15 Å². The van der Waals surface area contributed by atoms with Crippen molar-refractivity contribution < 1.29 is 24.9 Å². The van der Waals surface area contributed by atoms with Gasteiger partial charge >= 0.3 is 12.1 Å². The highest BCUT2D eigenvalue weighted by Crippen LogP contribution is 2.13. The van der Waals surface area contributed by atoms with Gasteiger partial charge in [-0.25, -0.2) is 4.79 Å². The third-order valence-corrected chi connectivity index (χ3v) is 3.99. The average Bonchev–Trinajstić information content (AvgIpc) is 2.50. The number of carboxylic acids is 1. The highest BCUT2D eigenvalue weighted by atomic mass is 16.6. The summed E-state index contributed by atoms with van der Waals surface area (Å²) in [4.78, 5) is 18.9. The summed E-state index contributed by atoms with van der Waals surface area (Å²) in [5.41, 5.74) is 0. The number of hydrogen-bond acceptors (Lipinski definition) is 3. The lowest BCUT2D eigenvalue weighted by Crippen LogP contribution is -1.93. The lowest BCUT2D eigenvalue weighted by molar-refractivity contribution is -0.137. The second kappa shape index (κ2) is 24.9. The van der Waals surface area contributed by atoms with Crippen molar-refractivity contribution in [3.05, 3.63) is 0 Å². The minimum absolute atomic E-state index is 0. The molecule has 0 bridgehead atoms. The molecule has 6 nitrogen and oxygen atoms in total. The smallest absolute Gasteiger partial charge is 0.481 e. The maximum Gasteiger partial charge on any atom is 0.503 e. The Morgan fingerprint density at radius 1 is 0.560 bits per heavy atom. The van der Waals surface area contributed by atoms with Crippen LogP contribution in [0.2, 0.25) is 0 Å². The summed E-state index contributed by atoms with van der Waals surface area (Å²) in [6, 6.07) is 0. The fraction of sp³-hybridized carbons (Fsp3) is 0.895. The summed E-state index contributed by atoms with van der Waals surface area (Å²) in [6.07, 6.45) is 18.4. The summed E-state index contributed by atoms with van der Waals surface area (Å²) in [7, 11) is 0. The molecule has 0 rings (SSSR count). The number of unbranched alkanes of at least 4 members (excludes halogenated alkanes) is 14. The molecule has 0 aromatic carbocycles. The van der Waals surface area contributed by atoms with Crippen LogP contribution in [0.3, 0.4) is 0 Å². The lowest BCUT2D eigenvalue weighted by atomic mass is 10.0. The zero-order valence-electron chi connectivity index (χ0n) is 16.2. The van der Waals surface area contributed by atoms with E-state index < -0.39 is 12.1 Å². The van der Waals surface area contributed by atoms with Crippen LogP contribution < -0.4 is 6.15 Å². The first-order valence-electron chi connectivity index (χ1n) is 9.64. The van der Waals surface area contributed by atoms with Crippen LogP contribution in [0.1, 0.15) is 110 Å². The zero-order valence-corrected chi connectivity index (χ0v) is 16.2. The molecule has 0 unspecified atom stereocenters. The molecule has 0 aromatic rings. The first kappa shape index (κ1) is 28.5. The van der Waals surface area contributed by atoms with E-state index in [-0.39, 0.29) is 6.15 Å². The van der Waals surface area contributed by atoms with Crippen LogP contribution in [-0.4, -0.2) is 27.4 Å². The first-order chi connectivity index (χ1) is 11.5. The van der Waals surface area contributed by atoms with E-state index in [1.165, 1.54) is 83.5 Å². The lowest BCUT2D eigenvalue weighted by Gasteiger charge is -2.03. The minimum atomic E-state index is -1.83. The number of carboxylic acid groups (broad SMARTS) is 3. The van der Waals surface area contributed by atoms with Gasteiger partial charge in [0.1, 0.15) is 0 Å². The average molecular weight is 364 g/mol. The SMILES string of the molecule is CCCCCCCCCCCCCCCCCC(=O)O.N.O=C(O)O. The molecule has 0 saturated heterocycles. The van der Waals surface area contributed by atoms with Gasteiger partial charge in [0.2, 0.25) is 0 Å². The third kappa shape index (κ3) is 39.5. The van der Waals surface area contributed by atoms with E-state index in [4.69, 9.17) is 20.1 Å². The Balaban J connectivity index is -0.000000867. The largest absolute Gasteiger partial charge is 0.503 e. The Morgan fingerprint density at radius 2 is 0.800 bits per heavy atom. The molecule has 6 heteroatoms. The molecule has 0 saturated carbocycles. The van der Waals surface area contributed by atoms with Crippen LogP contribution in [-0.2, 0) is 4.79 Å². The number of aliphatic carboxylic acids is 1. The maximum atomic E-state index is 10.3. The van der Waals surface area contributed by atoms with E-state index in [0.717, 1.165) is 12.8 Å². The maximum absolute atomic E-state index is 10.3. The van der Waals surface area contributed by atoms with Crippen LogP contribution >= 0.6 is 0 Å². The predicted octanol–water partition coefficient (Wildman–Crippen LogP) is 6.72. The fourth-order valence-corrected chi connectivity index (χ4v) is 2.65. The van der Waals surface area contributed by atoms with Crippen molar-refractivity contribution in [3.63, 3.8) is 0 Å². The predicted molar refractivity (Wildman–Crippen MR) is 103 cm³/mol. The Labute approximate surface area is 153 Å². The molecule has 0 fully saturated rings. The quantitative estimate of drug-likeness (QED) is 0.225. The van der Waals surface area contributed by atoms with Gasteiger partial charge in [-0.15, -0.1) is 0 Å². The fourth-order valence-electron chi connectivity index (χ4n) is 2.65. The van der Waals surface area contributed by atoms with Crippen LogP contribution in [0, 0.1) is 0 Å². The van der Waals surface area contributed by atoms with Crippen molar-refractivity contribution >= 4 is 12.1 Å². The molecule has 0 spiro atoms. The molecule has 0 aliphatic heterocycles. The van der Waals surface area contributed by atoms with E-state index in [2.05, 4.69) is 6.92 Å². The van der Waals surface area contributed by atoms with E-state index in [0.29, 0.717) is 6.42 Å². The van der Waals surface area contributed by atoms with Gasteiger partial charge in [0, 0.05) is 6.42 Å². The van der Waals surface area contributed by atoms with Crippen LogP contribution in [0.5, 0.6) is 0 Å². The second-order valence-electron chi connectivity index (χ2n) is 6.38. The standard InChI is InChI=1S/C18H36O2.CH2O3.H3N/c1-2-3-4-5-6-7-8-9-10-11-12-13-14-15-16-17-18(19)20;2-1(3)4;/h2-17H2,1H3,(H,19,20);(H2,2,3,4);1H3. The summed E-state index contributed by atoms with van der Waals surface area (Å²) in [6.45, 7) is 2.27. The van der Waals surface area contributed by atoms with Gasteiger partial charge in [-0.2, -0.15) is 0 Å². The van der Waals surface area contributed by atoms with Crippen molar-refractivity contribution in [2.45, 2.75) is 110 Å². The van der Waals surface area contributed by atoms with Gasteiger partial charge in [0.15, 0.2) is 0 Å². The highest BCUT2D eigenvalue weighted by molar-refractivity contribution is 5.66. The van der Waals surface area contributed by atoms with Gasteiger partial charge in [-0.1, -0.05) is 96.8 Å². The van der Waals surface area contributed by atoms with Crippen LogP contribution in [0.4, 0.5) is 4.79 Å². The molecule has 0 aromatic heterocycles. The Bertz CT molecular complexity index is 281. The summed E-state index contributed by atoms with van der Waals surface area (Å²) in [5.74, 6) is -0.653. The van der Waals surface area contributed by atoms with Crippen LogP contribution in [0.25, 0.3) is 0 Å². The van der Waals surface area contributed by atoms with Crippen molar-refractivity contribution in [3.8, 4) is 0 Å². The second-order valence-corrected chi connectivity index (χ2v) is 6.38. The van der Waals surface area contributed by atoms with Gasteiger partial charge < -0.3 is 21.5 Å². The molecule has 152 valence electrons. The summed E-state index contributed by atoms with van der Waals surface area (Å²) < 4.78 is 0. The number of hydrogen-bond donors (Lipinski definition) is 4. The Hall–Kier alpha value is -1.30. The van der Waals surface area contributed by atoms with E-state index in [9.17, 15) is 4.79 Å². The zero-order chi connectivity index (χ0) is 18.5. The molecule has 6 N–H and O–H groups in total. The molecular formula is C19H41NO5. The van der Waals surface area contributed by atoms with E-state index >= 15 is 0 Å². The van der Waals surface area contributed by atoms with Gasteiger partial charge in [-0.05, 0) is 6.42 Å². The summed E-state index contributed by atoms with van der Waals surface area (Å²) in [5, 5.41) is 22.5. The van der Waals surface area contributed by atoms with Crippen LogP contribution in [0.15, 0.2) is 0 Å². The molecule has 0 aliphatic carbocycles.